The second-order valence-electron chi connectivity index (χ2n) is 5.59. The van der Waals surface area contributed by atoms with Gasteiger partial charge in [0.2, 0.25) is 5.91 Å². The number of carbonyl (C=O) groups excluding carboxylic acids is 1. The van der Waals surface area contributed by atoms with Gasteiger partial charge in [-0.05, 0) is 43.9 Å². The molecular formula is C16H19N3O2. The molecule has 1 aromatic carbocycles. The quantitative estimate of drug-likeness (QED) is 0.808. The van der Waals surface area contributed by atoms with Crippen LogP contribution in [0.4, 0.5) is 0 Å². The van der Waals surface area contributed by atoms with Gasteiger partial charge < -0.3 is 10.4 Å². The highest BCUT2D eigenvalue weighted by Crippen LogP contribution is 2.36. The first-order valence-electron chi connectivity index (χ1n) is 7.17. The van der Waals surface area contributed by atoms with Crippen molar-refractivity contribution in [3.8, 4) is 5.75 Å². The van der Waals surface area contributed by atoms with Crippen molar-refractivity contribution >= 4 is 5.91 Å². The zero-order valence-corrected chi connectivity index (χ0v) is 12.2. The Morgan fingerprint density at radius 2 is 2.29 bits per heavy atom. The van der Waals surface area contributed by atoms with Crippen LogP contribution in [0.1, 0.15) is 40.5 Å². The van der Waals surface area contributed by atoms with Crippen molar-refractivity contribution < 1.29 is 9.90 Å². The molecule has 110 valence electrons. The lowest BCUT2D eigenvalue weighted by molar-refractivity contribution is -0.121. The van der Waals surface area contributed by atoms with E-state index in [-0.39, 0.29) is 11.9 Å². The Kier molecular flexibility index (Phi) is 3.41. The second kappa shape index (κ2) is 5.24. The fraction of sp³-hybridized carbons (Fsp3) is 0.375. The molecule has 1 aliphatic rings. The first-order chi connectivity index (χ1) is 10.1. The highest BCUT2D eigenvalue weighted by atomic mass is 16.3. The number of phenols is 1. The molecule has 0 spiro atoms. The van der Waals surface area contributed by atoms with Crippen LogP contribution in [0.15, 0.2) is 18.2 Å². The van der Waals surface area contributed by atoms with Crippen LogP contribution >= 0.6 is 0 Å². The molecule has 5 heteroatoms. The first-order valence-corrected chi connectivity index (χ1v) is 7.17. The smallest absolute Gasteiger partial charge is 0.225 e. The van der Waals surface area contributed by atoms with Crippen LogP contribution in [0.2, 0.25) is 0 Å². The third-order valence-electron chi connectivity index (χ3n) is 4.20. The molecule has 1 aromatic heterocycles. The summed E-state index contributed by atoms with van der Waals surface area (Å²) in [5.41, 5.74) is 4.75. The first kappa shape index (κ1) is 13.7. The van der Waals surface area contributed by atoms with Crippen molar-refractivity contribution in [2.24, 2.45) is 0 Å². The van der Waals surface area contributed by atoms with Crippen molar-refractivity contribution in [2.45, 2.75) is 39.2 Å². The maximum atomic E-state index is 12.3. The molecule has 0 aliphatic heterocycles. The molecule has 1 atom stereocenters. The number of aryl methyl sites for hydroxylation is 2. The standard InChI is InChI=1S/C16H19N3O2/c1-9-13(10(2)19-18-9)8-16(21)17-14-7-6-12-11(14)4-3-5-15(12)20/h3-5,14,20H,6-8H2,1-2H3,(H,17,21)(H,18,19)/t14-/m1/s1. The lowest BCUT2D eigenvalue weighted by Crippen LogP contribution is -2.28. The van der Waals surface area contributed by atoms with Gasteiger partial charge in [0.15, 0.2) is 0 Å². The number of aromatic hydroxyl groups is 1. The van der Waals surface area contributed by atoms with E-state index < -0.39 is 0 Å². The number of aromatic nitrogens is 2. The zero-order chi connectivity index (χ0) is 15.0. The van der Waals surface area contributed by atoms with Crippen LogP contribution in [0, 0.1) is 13.8 Å². The molecule has 1 amide bonds. The van der Waals surface area contributed by atoms with E-state index in [0.29, 0.717) is 12.2 Å². The maximum absolute atomic E-state index is 12.3. The van der Waals surface area contributed by atoms with Gasteiger partial charge in [0.25, 0.3) is 0 Å². The minimum atomic E-state index is -0.0104. The van der Waals surface area contributed by atoms with Gasteiger partial charge in [-0.2, -0.15) is 5.10 Å². The summed E-state index contributed by atoms with van der Waals surface area (Å²) < 4.78 is 0. The van der Waals surface area contributed by atoms with Crippen molar-refractivity contribution in [3.05, 3.63) is 46.3 Å². The Labute approximate surface area is 123 Å². The van der Waals surface area contributed by atoms with Crippen LogP contribution in [0.25, 0.3) is 0 Å². The van der Waals surface area contributed by atoms with Gasteiger partial charge in [0, 0.05) is 11.3 Å². The molecule has 1 aliphatic carbocycles. The summed E-state index contributed by atoms with van der Waals surface area (Å²) in [6.45, 7) is 3.82. The third-order valence-corrected chi connectivity index (χ3v) is 4.20. The van der Waals surface area contributed by atoms with Gasteiger partial charge in [0.1, 0.15) is 5.75 Å². The van der Waals surface area contributed by atoms with Gasteiger partial charge in [-0.3, -0.25) is 9.89 Å². The molecule has 0 radical (unpaired) electrons. The molecule has 0 saturated carbocycles. The number of nitrogens with zero attached hydrogens (tertiary/aromatic N) is 1. The lowest BCUT2D eigenvalue weighted by atomic mass is 10.1. The summed E-state index contributed by atoms with van der Waals surface area (Å²) in [5, 5.41) is 19.9. The Balaban J connectivity index is 1.72. The van der Waals surface area contributed by atoms with Crippen molar-refractivity contribution in [1.82, 2.24) is 15.5 Å². The normalized spacial score (nSPS) is 16.8. The van der Waals surface area contributed by atoms with Gasteiger partial charge in [-0.1, -0.05) is 12.1 Å². The van der Waals surface area contributed by atoms with E-state index in [1.165, 1.54) is 0 Å². The van der Waals surface area contributed by atoms with Gasteiger partial charge in [-0.15, -0.1) is 0 Å². The number of rotatable bonds is 3. The molecular weight excluding hydrogens is 266 g/mol. The van der Waals surface area contributed by atoms with E-state index in [1.807, 2.05) is 26.0 Å². The fourth-order valence-electron chi connectivity index (χ4n) is 3.03. The number of nitrogens with one attached hydrogen (secondary N) is 2. The Bertz CT molecular complexity index is 671. The van der Waals surface area contributed by atoms with Crippen molar-refractivity contribution in [1.29, 1.82) is 0 Å². The average Bonchev–Trinajstić information content (AvgIpc) is 2.99. The van der Waals surface area contributed by atoms with E-state index in [2.05, 4.69) is 15.5 Å². The summed E-state index contributed by atoms with van der Waals surface area (Å²) in [6.07, 6.45) is 1.97. The largest absolute Gasteiger partial charge is 0.508 e. The lowest BCUT2D eigenvalue weighted by Gasteiger charge is -2.14. The summed E-state index contributed by atoms with van der Waals surface area (Å²) in [5.74, 6) is 0.314. The number of phenolic OH excluding ortho intramolecular Hbond substituents is 1. The second-order valence-corrected chi connectivity index (χ2v) is 5.59. The molecule has 2 aromatic rings. The molecule has 3 rings (SSSR count). The Hall–Kier alpha value is -2.30. The van der Waals surface area contributed by atoms with Gasteiger partial charge in [-0.25, -0.2) is 0 Å². The van der Waals surface area contributed by atoms with E-state index in [0.717, 1.165) is 40.9 Å². The highest BCUT2D eigenvalue weighted by molar-refractivity contribution is 5.79. The number of fused-ring (bicyclic) bond motifs is 1. The molecule has 5 nitrogen and oxygen atoms in total. The summed E-state index contributed by atoms with van der Waals surface area (Å²) in [6, 6.07) is 5.48. The van der Waals surface area contributed by atoms with E-state index >= 15 is 0 Å². The number of carbonyl (C=O) groups is 1. The van der Waals surface area contributed by atoms with Crippen LogP contribution in [-0.4, -0.2) is 21.2 Å². The van der Waals surface area contributed by atoms with E-state index in [4.69, 9.17) is 0 Å². The summed E-state index contributed by atoms with van der Waals surface area (Å²) >= 11 is 0. The molecule has 0 saturated heterocycles. The van der Waals surface area contributed by atoms with Crippen molar-refractivity contribution in [3.63, 3.8) is 0 Å². The maximum Gasteiger partial charge on any atom is 0.225 e. The minimum absolute atomic E-state index is 0.00730. The Morgan fingerprint density at radius 1 is 1.48 bits per heavy atom. The number of H-pyrrole nitrogens is 1. The number of aromatic amines is 1. The number of hydrogen-bond donors (Lipinski definition) is 3. The van der Waals surface area contributed by atoms with E-state index in [1.54, 1.807) is 6.07 Å². The molecule has 0 fully saturated rings. The van der Waals surface area contributed by atoms with Crippen LogP contribution in [-0.2, 0) is 17.6 Å². The predicted octanol–water partition coefficient (Wildman–Crippen LogP) is 2.08. The minimum Gasteiger partial charge on any atom is -0.508 e. The topological polar surface area (TPSA) is 78.0 Å². The molecule has 0 unspecified atom stereocenters. The molecule has 21 heavy (non-hydrogen) atoms. The van der Waals surface area contributed by atoms with Crippen molar-refractivity contribution in [2.75, 3.05) is 0 Å². The van der Waals surface area contributed by atoms with Gasteiger partial charge in [0.05, 0.1) is 18.2 Å². The van der Waals surface area contributed by atoms with Crippen LogP contribution < -0.4 is 5.32 Å². The van der Waals surface area contributed by atoms with E-state index in [9.17, 15) is 9.90 Å². The fourth-order valence-corrected chi connectivity index (χ4v) is 3.03. The number of amides is 1. The number of hydrogen-bond acceptors (Lipinski definition) is 3. The SMILES string of the molecule is Cc1n[nH]c(C)c1CC(=O)N[C@@H]1CCc2c(O)cccc21. The average molecular weight is 285 g/mol. The number of benzene rings is 1. The summed E-state index contributed by atoms with van der Waals surface area (Å²) in [7, 11) is 0. The Morgan fingerprint density at radius 3 is 3.00 bits per heavy atom. The monoisotopic (exact) mass is 285 g/mol. The third kappa shape index (κ3) is 2.51. The predicted molar refractivity (Wildman–Crippen MR) is 79.1 cm³/mol. The van der Waals surface area contributed by atoms with Crippen LogP contribution in [0.5, 0.6) is 5.75 Å². The zero-order valence-electron chi connectivity index (χ0n) is 12.2. The molecule has 1 heterocycles. The molecule has 3 N–H and O–H groups in total. The highest BCUT2D eigenvalue weighted by Gasteiger charge is 2.26. The van der Waals surface area contributed by atoms with Gasteiger partial charge >= 0.3 is 0 Å². The summed E-state index contributed by atoms with van der Waals surface area (Å²) in [4.78, 5) is 12.3. The van der Waals surface area contributed by atoms with Crippen LogP contribution in [0.3, 0.4) is 0 Å². The molecule has 0 bridgehead atoms.